The molecule has 1 spiro atoms. The van der Waals surface area contributed by atoms with Crippen LogP contribution >= 0.6 is 0 Å². The van der Waals surface area contributed by atoms with Crippen molar-refractivity contribution in [3.05, 3.63) is 95.1 Å². The molecule has 4 atom stereocenters. The molecule has 0 saturated carbocycles. The number of hydrogen-bond donors (Lipinski definition) is 3. The van der Waals surface area contributed by atoms with Crippen LogP contribution in [-0.2, 0) is 15.0 Å². The van der Waals surface area contributed by atoms with Gasteiger partial charge in [-0.2, -0.15) is 5.26 Å². The van der Waals surface area contributed by atoms with Crippen molar-refractivity contribution >= 4 is 23.2 Å². The second-order valence-electron chi connectivity index (χ2n) is 11.9. The summed E-state index contributed by atoms with van der Waals surface area (Å²) in [5, 5.41) is 17.9. The van der Waals surface area contributed by atoms with Crippen molar-refractivity contribution in [1.29, 1.82) is 5.26 Å². The number of nitrogens with one attached hydrogen (secondary N) is 3. The Labute approximate surface area is 233 Å². The Morgan fingerprint density at radius 1 is 1.25 bits per heavy atom. The lowest BCUT2D eigenvalue weighted by molar-refractivity contribution is -0.123. The fraction of sp³-hybridized carbons (Fsp3) is 0.344. The van der Waals surface area contributed by atoms with E-state index in [2.05, 4.69) is 22.5 Å². The highest BCUT2D eigenvalue weighted by atomic mass is 19.1. The third-order valence-electron chi connectivity index (χ3n) is 7.34. The molecular weight excluding hydrogens is 510 g/mol. The summed E-state index contributed by atoms with van der Waals surface area (Å²) in [6.07, 6.45) is 4.65. The standard InChI is InChI=1S/C32H34F2N4O2/c1-18(2)8-7-9-22(33)27-28(29(39)36-21-12-10-20(17-35)11-13-21)38-25(16-31(4,5)6)32(27)26-23(34)14-19(3)15-24(26)37-30(32)40/h7-15,25,27-28,38H,1,16H2,2-6H3,(H,36,39)(H,37,40)/b8-7-,22-9-/t25?,27?,28-,32+/m1/s1. The van der Waals surface area contributed by atoms with Crippen molar-refractivity contribution in [2.75, 3.05) is 10.6 Å². The monoisotopic (exact) mass is 544 g/mol. The van der Waals surface area contributed by atoms with E-state index in [0.717, 1.165) is 0 Å². The maximum absolute atomic E-state index is 16.4. The van der Waals surface area contributed by atoms with E-state index < -0.39 is 46.9 Å². The number of nitrogens with zero attached hydrogens (tertiary/aromatic N) is 1. The molecule has 1 fully saturated rings. The van der Waals surface area contributed by atoms with Crippen molar-refractivity contribution in [3.63, 3.8) is 0 Å². The van der Waals surface area contributed by atoms with Crippen molar-refractivity contribution in [2.24, 2.45) is 11.3 Å². The van der Waals surface area contributed by atoms with Gasteiger partial charge in [0, 0.05) is 23.0 Å². The summed E-state index contributed by atoms with van der Waals surface area (Å²) >= 11 is 0. The predicted molar refractivity (Wildman–Crippen MR) is 153 cm³/mol. The van der Waals surface area contributed by atoms with E-state index in [1.54, 1.807) is 50.3 Å². The van der Waals surface area contributed by atoms with Gasteiger partial charge < -0.3 is 16.0 Å². The summed E-state index contributed by atoms with van der Waals surface area (Å²) in [4.78, 5) is 27.8. The van der Waals surface area contributed by atoms with Gasteiger partial charge in [-0.05, 0) is 73.7 Å². The largest absolute Gasteiger partial charge is 0.325 e. The van der Waals surface area contributed by atoms with Gasteiger partial charge in [0.25, 0.3) is 0 Å². The van der Waals surface area contributed by atoms with E-state index >= 15 is 8.78 Å². The van der Waals surface area contributed by atoms with Gasteiger partial charge in [0.2, 0.25) is 11.8 Å². The predicted octanol–water partition coefficient (Wildman–Crippen LogP) is 6.21. The molecule has 6 nitrogen and oxygen atoms in total. The number of amides is 2. The number of nitriles is 1. The average molecular weight is 545 g/mol. The number of halogens is 2. The zero-order valence-corrected chi connectivity index (χ0v) is 23.4. The number of aryl methyl sites for hydroxylation is 1. The zero-order valence-electron chi connectivity index (χ0n) is 23.4. The smallest absolute Gasteiger partial charge is 0.242 e. The van der Waals surface area contributed by atoms with Crippen LogP contribution in [0.15, 0.2) is 72.6 Å². The maximum atomic E-state index is 16.4. The third-order valence-corrected chi connectivity index (χ3v) is 7.34. The molecule has 2 heterocycles. The molecule has 8 heteroatoms. The lowest BCUT2D eigenvalue weighted by Gasteiger charge is -2.37. The SMILES string of the molecule is C=C(C)/C=C\C=C(/F)C1[C@H](C(=O)Nc2ccc(C#N)cc2)NC(CC(C)(C)C)[C@@]12C(=O)Nc1cc(C)cc(F)c12. The van der Waals surface area contributed by atoms with E-state index in [4.69, 9.17) is 5.26 Å². The van der Waals surface area contributed by atoms with Crippen LogP contribution in [0.4, 0.5) is 20.2 Å². The molecule has 2 unspecified atom stereocenters. The number of carbonyl (C=O) groups is 2. The highest BCUT2D eigenvalue weighted by Crippen LogP contribution is 2.56. The first-order valence-corrected chi connectivity index (χ1v) is 13.2. The molecule has 4 rings (SSSR count). The Morgan fingerprint density at radius 3 is 2.52 bits per heavy atom. The molecule has 0 aliphatic carbocycles. The molecule has 2 aliphatic heterocycles. The number of allylic oxidation sites excluding steroid dienone is 4. The molecule has 3 N–H and O–H groups in total. The fourth-order valence-corrected chi connectivity index (χ4v) is 5.85. The quantitative estimate of drug-likeness (QED) is 0.377. The van der Waals surface area contributed by atoms with Crippen LogP contribution in [0.2, 0.25) is 0 Å². The fourth-order valence-electron chi connectivity index (χ4n) is 5.85. The summed E-state index contributed by atoms with van der Waals surface area (Å²) in [7, 11) is 0. The highest BCUT2D eigenvalue weighted by Gasteiger charge is 2.67. The van der Waals surface area contributed by atoms with Crippen LogP contribution in [-0.4, -0.2) is 23.9 Å². The number of fused-ring (bicyclic) bond motifs is 2. The van der Waals surface area contributed by atoms with Crippen molar-refractivity contribution in [1.82, 2.24) is 5.32 Å². The van der Waals surface area contributed by atoms with E-state index in [1.807, 2.05) is 26.8 Å². The summed E-state index contributed by atoms with van der Waals surface area (Å²) in [6, 6.07) is 9.30. The lowest BCUT2D eigenvalue weighted by atomic mass is 9.63. The molecule has 0 bridgehead atoms. The molecular formula is C32H34F2N4O2. The first kappa shape index (κ1) is 28.9. The zero-order chi connectivity index (χ0) is 29.4. The van der Waals surface area contributed by atoms with E-state index in [9.17, 15) is 9.59 Å². The summed E-state index contributed by atoms with van der Waals surface area (Å²) in [5.74, 6) is -3.85. The van der Waals surface area contributed by atoms with Gasteiger partial charge >= 0.3 is 0 Å². The van der Waals surface area contributed by atoms with Gasteiger partial charge in [-0.15, -0.1) is 0 Å². The number of hydrogen-bond acceptors (Lipinski definition) is 4. The van der Waals surface area contributed by atoms with Crippen molar-refractivity contribution < 1.29 is 18.4 Å². The van der Waals surface area contributed by atoms with Gasteiger partial charge in [-0.3, -0.25) is 9.59 Å². The Bertz CT molecular complexity index is 1460. The lowest BCUT2D eigenvalue weighted by Crippen LogP contribution is -2.51. The normalized spacial score (nSPS) is 24.2. The summed E-state index contributed by atoms with van der Waals surface area (Å²) < 4.78 is 32.3. The van der Waals surface area contributed by atoms with Gasteiger partial charge in [0.15, 0.2) is 0 Å². The molecule has 2 amide bonds. The minimum Gasteiger partial charge on any atom is -0.325 e. The Hall–Kier alpha value is -4.09. The van der Waals surface area contributed by atoms with Crippen LogP contribution in [0, 0.1) is 35.4 Å². The number of rotatable bonds is 6. The van der Waals surface area contributed by atoms with Gasteiger partial charge in [0.05, 0.1) is 23.6 Å². The highest BCUT2D eigenvalue weighted by molar-refractivity contribution is 6.09. The van der Waals surface area contributed by atoms with Gasteiger partial charge in [-0.25, -0.2) is 8.78 Å². The van der Waals surface area contributed by atoms with Crippen LogP contribution in [0.3, 0.4) is 0 Å². The topological polar surface area (TPSA) is 94.0 Å². The molecule has 1 saturated heterocycles. The first-order valence-electron chi connectivity index (χ1n) is 13.2. The molecule has 0 radical (unpaired) electrons. The molecule has 2 aromatic carbocycles. The summed E-state index contributed by atoms with van der Waals surface area (Å²) in [6.45, 7) is 13.2. The maximum Gasteiger partial charge on any atom is 0.242 e. The number of benzene rings is 2. The van der Waals surface area contributed by atoms with Crippen LogP contribution < -0.4 is 16.0 Å². The third kappa shape index (κ3) is 5.34. The minimum atomic E-state index is -1.73. The first-order chi connectivity index (χ1) is 18.8. The summed E-state index contributed by atoms with van der Waals surface area (Å²) in [5.41, 5.74) is 0.392. The van der Waals surface area contributed by atoms with E-state index in [1.165, 1.54) is 18.2 Å². The van der Waals surface area contributed by atoms with Crippen molar-refractivity contribution in [3.8, 4) is 6.07 Å². The Morgan fingerprint density at radius 2 is 1.93 bits per heavy atom. The van der Waals surface area contributed by atoms with Crippen LogP contribution in [0.1, 0.15) is 50.8 Å². The van der Waals surface area contributed by atoms with Gasteiger partial charge in [-0.1, -0.05) is 45.1 Å². The Balaban J connectivity index is 1.91. The average Bonchev–Trinajstić information content (AvgIpc) is 3.33. The molecule has 2 aromatic rings. The van der Waals surface area contributed by atoms with E-state index in [0.29, 0.717) is 28.8 Å². The molecule has 0 aromatic heterocycles. The number of carbonyl (C=O) groups excluding carboxylic acids is 2. The molecule has 40 heavy (non-hydrogen) atoms. The van der Waals surface area contributed by atoms with Gasteiger partial charge in [0.1, 0.15) is 17.1 Å². The van der Waals surface area contributed by atoms with Crippen LogP contribution in [0.5, 0.6) is 0 Å². The second kappa shape index (κ2) is 10.8. The van der Waals surface area contributed by atoms with E-state index in [-0.39, 0.29) is 16.7 Å². The minimum absolute atomic E-state index is 0.0657. The van der Waals surface area contributed by atoms with Crippen LogP contribution in [0.25, 0.3) is 0 Å². The molecule has 208 valence electrons. The Kier molecular flexibility index (Phi) is 7.82. The number of anilines is 2. The molecule has 2 aliphatic rings. The second-order valence-corrected chi connectivity index (χ2v) is 11.9. The van der Waals surface area contributed by atoms with Crippen molar-refractivity contribution in [2.45, 2.75) is 58.5 Å².